The average Bonchev–Trinajstić information content (AvgIpc) is 3.77. The molecule has 0 saturated carbocycles. The molecule has 19 heteroatoms. The lowest BCUT2D eigenvalue weighted by Crippen LogP contribution is -2.59. The molecule has 6 N–H and O–H groups in total. The van der Waals surface area contributed by atoms with Crippen LogP contribution in [-0.4, -0.2) is 118 Å². The number of phenolic OH excluding ortho intramolecular Hbond substituents is 1. The lowest BCUT2D eigenvalue weighted by molar-refractivity contribution is -0.160. The Morgan fingerprint density at radius 1 is 0.954 bits per heavy atom. The summed E-state index contributed by atoms with van der Waals surface area (Å²) >= 11 is 1.10. The van der Waals surface area contributed by atoms with Crippen LogP contribution >= 0.6 is 11.3 Å². The Morgan fingerprint density at radius 3 is 2.28 bits per heavy atom. The molecule has 2 unspecified atom stereocenters. The average molecular weight is 932 g/mol. The molecule has 0 bridgehead atoms. The van der Waals surface area contributed by atoms with E-state index in [1.54, 1.807) is 24.4 Å². The summed E-state index contributed by atoms with van der Waals surface area (Å²) < 4.78 is 16.5. The third kappa shape index (κ3) is 17.8. The molecule has 18 nitrogen and oxygen atoms in total. The Hall–Kier alpha value is -4.85. The molecule has 1 aliphatic heterocycles. The highest BCUT2D eigenvalue weighted by Gasteiger charge is 2.39. The van der Waals surface area contributed by atoms with E-state index in [-0.39, 0.29) is 61.1 Å². The highest BCUT2D eigenvalue weighted by molar-refractivity contribution is 7.09. The van der Waals surface area contributed by atoms with E-state index >= 15 is 0 Å². The van der Waals surface area contributed by atoms with Crippen molar-refractivity contribution < 1.29 is 53.2 Å². The van der Waals surface area contributed by atoms with E-state index in [0.29, 0.717) is 37.1 Å². The van der Waals surface area contributed by atoms with Crippen LogP contribution in [0.3, 0.4) is 0 Å². The molecule has 2 aromatic rings. The first-order valence-corrected chi connectivity index (χ1v) is 23.8. The summed E-state index contributed by atoms with van der Waals surface area (Å²) in [5, 5.41) is 28.6. The standard InChI is InChI=1S/C46H73N7O11S/c1-10-15-39(56)63-27-53(45(60)40(29(6)12-3)49-43(59)36-16-13-14-21-52(36)9)37(28(4)5)25-38(64-31(8)54)44-48-35(26-65-44)42(58)47-33(24-32-17-19-34(55)20-18-32)23-30(7)41(57)50-51-46(61)62-22-11-2/h17-20,26,28-30,33,36-38,40-41,50,55,57H,10-16,21-25,27H2,1-9H3,(H,47,58)(H,49,59)(H,51,61)/t29?,30-,33+,36+,37+,38+,40-,41?/m0/s1. The number of hydrogen-bond donors (Lipinski definition) is 6. The zero-order chi connectivity index (χ0) is 48.2. The predicted octanol–water partition coefficient (Wildman–Crippen LogP) is 5.34. The van der Waals surface area contributed by atoms with Gasteiger partial charge in [0.15, 0.2) is 12.8 Å². The molecular weight excluding hydrogens is 859 g/mol. The topological polar surface area (TPSA) is 238 Å². The quantitative estimate of drug-likeness (QED) is 0.0303. The SMILES string of the molecule is CCCOC(=O)NNC(O)[C@@H](C)C[C@H](Cc1ccc(O)cc1)NC(=O)c1csc([C@@H](C[C@H](C(C)C)N(COC(=O)CCC)C(=O)[C@@H](NC(=O)[C@H]2CCCCN2C)C(C)CC)OC(C)=O)n1. The van der Waals surface area contributed by atoms with Crippen molar-refractivity contribution >= 4 is 47.1 Å². The third-order valence-corrected chi connectivity index (χ3v) is 12.6. The number of aliphatic hydroxyl groups is 1. The molecule has 3 rings (SSSR count). The second kappa shape index (κ2) is 27.6. The van der Waals surface area contributed by atoms with Gasteiger partial charge in [0.1, 0.15) is 28.7 Å². The molecule has 0 radical (unpaired) electrons. The minimum atomic E-state index is -1.20. The summed E-state index contributed by atoms with van der Waals surface area (Å²) in [6.07, 6.45) is 2.08. The van der Waals surface area contributed by atoms with E-state index in [1.807, 2.05) is 53.5 Å². The monoisotopic (exact) mass is 932 g/mol. The highest BCUT2D eigenvalue weighted by atomic mass is 32.1. The smallest absolute Gasteiger partial charge is 0.421 e. The van der Waals surface area contributed by atoms with Gasteiger partial charge in [-0.15, -0.1) is 11.3 Å². The summed E-state index contributed by atoms with van der Waals surface area (Å²) in [5.74, 6) is -3.28. The third-order valence-electron chi connectivity index (χ3n) is 11.6. The number of hydrogen-bond acceptors (Lipinski definition) is 15. The van der Waals surface area contributed by atoms with Gasteiger partial charge in [0.2, 0.25) is 11.8 Å². The number of likely N-dealkylation sites (N-methyl/N-ethyl adjacent to an activating group) is 1. The Kier molecular flexibility index (Phi) is 23.1. The number of carbonyl (C=O) groups excluding carboxylic acids is 6. The molecule has 0 aliphatic carbocycles. The number of piperidine rings is 1. The normalized spacial score (nSPS) is 17.4. The molecule has 364 valence electrons. The fourth-order valence-corrected chi connectivity index (χ4v) is 8.47. The summed E-state index contributed by atoms with van der Waals surface area (Å²) in [5.41, 5.74) is 5.71. The number of benzene rings is 1. The van der Waals surface area contributed by atoms with Gasteiger partial charge in [0, 0.05) is 37.2 Å². The lowest BCUT2D eigenvalue weighted by Gasteiger charge is -2.39. The number of aromatic hydroxyl groups is 1. The number of rotatable bonds is 26. The van der Waals surface area contributed by atoms with Gasteiger partial charge >= 0.3 is 18.0 Å². The highest BCUT2D eigenvalue weighted by Crippen LogP contribution is 2.32. The van der Waals surface area contributed by atoms with Crippen molar-refractivity contribution in [3.63, 3.8) is 0 Å². The lowest BCUT2D eigenvalue weighted by atomic mass is 9.92. The van der Waals surface area contributed by atoms with Crippen molar-refractivity contribution in [2.75, 3.05) is 26.9 Å². The number of esters is 2. The van der Waals surface area contributed by atoms with Crippen LogP contribution in [0.15, 0.2) is 29.6 Å². The molecule has 1 fully saturated rings. The molecule has 8 atom stereocenters. The number of phenols is 1. The maximum absolute atomic E-state index is 14.8. The number of nitrogens with zero attached hydrogens (tertiary/aromatic N) is 3. The Balaban J connectivity index is 1.92. The van der Waals surface area contributed by atoms with Crippen LogP contribution in [0, 0.1) is 17.8 Å². The second-order valence-corrected chi connectivity index (χ2v) is 18.3. The van der Waals surface area contributed by atoms with E-state index in [1.165, 1.54) is 24.0 Å². The molecule has 0 spiro atoms. The number of likely N-dealkylation sites (tertiary alicyclic amines) is 1. The Labute approximate surface area is 387 Å². The molecule has 1 aliphatic rings. The largest absolute Gasteiger partial charge is 0.508 e. The van der Waals surface area contributed by atoms with Gasteiger partial charge < -0.3 is 40.0 Å². The van der Waals surface area contributed by atoms with E-state index < -0.39 is 73.0 Å². The number of amides is 4. The Bertz CT molecular complexity index is 1830. The zero-order valence-corrected chi connectivity index (χ0v) is 40.4. The van der Waals surface area contributed by atoms with Crippen LogP contribution in [0.4, 0.5) is 4.79 Å². The van der Waals surface area contributed by atoms with Crippen molar-refractivity contribution in [1.29, 1.82) is 0 Å². The minimum Gasteiger partial charge on any atom is -0.508 e. The van der Waals surface area contributed by atoms with Gasteiger partial charge in [-0.1, -0.05) is 73.4 Å². The molecular formula is C46H73N7O11S. The van der Waals surface area contributed by atoms with Crippen LogP contribution in [0.5, 0.6) is 5.75 Å². The summed E-state index contributed by atoms with van der Waals surface area (Å²) in [6.45, 7) is 14.9. The predicted molar refractivity (Wildman–Crippen MR) is 245 cm³/mol. The van der Waals surface area contributed by atoms with Crippen molar-refractivity contribution in [1.82, 2.24) is 36.3 Å². The van der Waals surface area contributed by atoms with Crippen molar-refractivity contribution in [2.45, 2.75) is 156 Å². The molecule has 1 aromatic carbocycles. The summed E-state index contributed by atoms with van der Waals surface area (Å²) in [7, 11) is 1.90. The first-order valence-electron chi connectivity index (χ1n) is 22.9. The van der Waals surface area contributed by atoms with Gasteiger partial charge in [-0.2, -0.15) is 0 Å². The fourth-order valence-electron chi connectivity index (χ4n) is 7.63. The van der Waals surface area contributed by atoms with Crippen LogP contribution < -0.4 is 21.5 Å². The number of thiazole rings is 1. The van der Waals surface area contributed by atoms with Crippen molar-refractivity contribution in [2.24, 2.45) is 17.8 Å². The van der Waals surface area contributed by atoms with Gasteiger partial charge in [-0.3, -0.25) is 34.3 Å². The molecule has 4 amide bonds. The number of aliphatic hydroxyl groups excluding tert-OH is 1. The minimum absolute atomic E-state index is 0.0291. The van der Waals surface area contributed by atoms with Gasteiger partial charge in [-0.05, 0) is 87.6 Å². The van der Waals surface area contributed by atoms with E-state index in [4.69, 9.17) is 14.2 Å². The van der Waals surface area contributed by atoms with Gasteiger partial charge in [0.05, 0.1) is 12.6 Å². The van der Waals surface area contributed by atoms with E-state index in [0.717, 1.165) is 36.3 Å². The first-order chi connectivity index (χ1) is 30.9. The first kappa shape index (κ1) is 54.5. The van der Waals surface area contributed by atoms with E-state index in [2.05, 4.69) is 26.5 Å². The number of nitrogens with one attached hydrogen (secondary N) is 4. The summed E-state index contributed by atoms with van der Waals surface area (Å²) in [4.78, 5) is 88.0. The second-order valence-electron chi connectivity index (χ2n) is 17.4. The molecule has 1 aromatic heterocycles. The van der Waals surface area contributed by atoms with Crippen LogP contribution in [0.25, 0.3) is 0 Å². The Morgan fingerprint density at radius 2 is 1.66 bits per heavy atom. The van der Waals surface area contributed by atoms with E-state index in [9.17, 15) is 39.0 Å². The van der Waals surface area contributed by atoms with Crippen molar-refractivity contribution in [3.8, 4) is 5.75 Å². The maximum Gasteiger partial charge on any atom is 0.421 e. The number of hydrazine groups is 1. The number of ether oxygens (including phenoxy) is 3. The van der Waals surface area contributed by atoms with Crippen molar-refractivity contribution in [3.05, 3.63) is 45.9 Å². The van der Waals surface area contributed by atoms with Gasteiger partial charge in [0.25, 0.3) is 5.91 Å². The number of aromatic nitrogens is 1. The fraction of sp³-hybridized carbons (Fsp3) is 0.674. The van der Waals surface area contributed by atoms with Crippen LogP contribution in [-0.2, 0) is 39.8 Å². The maximum atomic E-state index is 14.8. The molecule has 65 heavy (non-hydrogen) atoms. The molecule has 1 saturated heterocycles. The zero-order valence-electron chi connectivity index (χ0n) is 39.6. The summed E-state index contributed by atoms with van der Waals surface area (Å²) in [6, 6.07) is 3.94. The van der Waals surface area contributed by atoms with Crippen LogP contribution in [0.2, 0.25) is 0 Å². The van der Waals surface area contributed by atoms with Crippen LogP contribution in [0.1, 0.15) is 140 Å². The molecule has 2 heterocycles. The van der Waals surface area contributed by atoms with Gasteiger partial charge in [-0.25, -0.2) is 15.2 Å². The number of carbonyl (C=O) groups is 6.